The summed E-state index contributed by atoms with van der Waals surface area (Å²) in [6.45, 7) is 2.91. The lowest BCUT2D eigenvalue weighted by Gasteiger charge is -2.17. The standard InChI is InChI=1S/C17H19NO2S/c1-13(14-7-3-2-4-8-14)11-18-16-12-21(19,20)17-10-6-5-9-15(16)17/h2-10,13,16,18H,11-12H2,1H3. The minimum Gasteiger partial charge on any atom is -0.308 e. The van der Waals surface area contributed by atoms with Crippen molar-refractivity contribution >= 4 is 9.84 Å². The van der Waals surface area contributed by atoms with Gasteiger partial charge in [-0.1, -0.05) is 55.5 Å². The minimum atomic E-state index is -3.13. The van der Waals surface area contributed by atoms with Crippen molar-refractivity contribution in [1.29, 1.82) is 0 Å². The van der Waals surface area contributed by atoms with Gasteiger partial charge in [-0.2, -0.15) is 0 Å². The molecule has 0 aliphatic carbocycles. The zero-order valence-corrected chi connectivity index (χ0v) is 12.8. The molecule has 2 aromatic carbocycles. The number of benzene rings is 2. The van der Waals surface area contributed by atoms with Crippen molar-refractivity contribution in [2.75, 3.05) is 12.3 Å². The van der Waals surface area contributed by atoms with Gasteiger partial charge in [-0.3, -0.25) is 0 Å². The molecule has 0 aromatic heterocycles. The van der Waals surface area contributed by atoms with E-state index < -0.39 is 9.84 Å². The van der Waals surface area contributed by atoms with E-state index in [2.05, 4.69) is 24.4 Å². The fraction of sp³-hybridized carbons (Fsp3) is 0.294. The van der Waals surface area contributed by atoms with Crippen LogP contribution in [0.4, 0.5) is 0 Å². The summed E-state index contributed by atoms with van der Waals surface area (Å²) in [6.07, 6.45) is 0. The van der Waals surface area contributed by atoms with Crippen molar-refractivity contribution in [2.24, 2.45) is 0 Å². The van der Waals surface area contributed by atoms with Gasteiger partial charge in [-0.25, -0.2) is 8.42 Å². The molecule has 3 nitrogen and oxygen atoms in total. The Morgan fingerprint density at radius 1 is 1.10 bits per heavy atom. The molecule has 110 valence electrons. The second kappa shape index (κ2) is 5.62. The molecular weight excluding hydrogens is 282 g/mol. The molecule has 1 heterocycles. The largest absolute Gasteiger partial charge is 0.308 e. The Morgan fingerprint density at radius 2 is 1.76 bits per heavy atom. The first-order valence-corrected chi connectivity index (χ1v) is 8.83. The SMILES string of the molecule is CC(CNC1CS(=O)(=O)c2ccccc21)c1ccccc1. The summed E-state index contributed by atoms with van der Waals surface area (Å²) in [5, 5.41) is 3.41. The first-order chi connectivity index (χ1) is 10.1. The predicted molar refractivity (Wildman–Crippen MR) is 84.1 cm³/mol. The highest BCUT2D eigenvalue weighted by Crippen LogP contribution is 2.33. The Balaban J connectivity index is 1.73. The fourth-order valence-electron chi connectivity index (χ4n) is 2.84. The van der Waals surface area contributed by atoms with Crippen molar-refractivity contribution in [3.8, 4) is 0 Å². The summed E-state index contributed by atoms with van der Waals surface area (Å²) in [6, 6.07) is 17.5. The summed E-state index contributed by atoms with van der Waals surface area (Å²) in [7, 11) is -3.13. The van der Waals surface area contributed by atoms with E-state index in [4.69, 9.17) is 0 Å². The second-order valence-electron chi connectivity index (χ2n) is 5.59. The van der Waals surface area contributed by atoms with Gasteiger partial charge < -0.3 is 5.32 Å². The number of hydrogen-bond donors (Lipinski definition) is 1. The highest BCUT2D eigenvalue weighted by molar-refractivity contribution is 7.91. The summed E-state index contributed by atoms with van der Waals surface area (Å²) >= 11 is 0. The van der Waals surface area contributed by atoms with Crippen molar-refractivity contribution in [2.45, 2.75) is 23.8 Å². The molecule has 0 bridgehead atoms. The third kappa shape index (κ3) is 2.87. The molecule has 2 aromatic rings. The second-order valence-corrected chi connectivity index (χ2v) is 7.59. The van der Waals surface area contributed by atoms with Gasteiger partial charge in [0.2, 0.25) is 0 Å². The van der Waals surface area contributed by atoms with Gasteiger partial charge in [0.25, 0.3) is 0 Å². The van der Waals surface area contributed by atoms with Crippen LogP contribution < -0.4 is 5.32 Å². The predicted octanol–water partition coefficient (Wildman–Crippen LogP) is 2.91. The summed E-state index contributed by atoms with van der Waals surface area (Å²) in [5.41, 5.74) is 2.16. The lowest BCUT2D eigenvalue weighted by molar-refractivity contribution is 0.537. The molecule has 0 amide bonds. The normalized spacial score (nSPS) is 20.9. The molecule has 0 saturated carbocycles. The van der Waals surface area contributed by atoms with Crippen LogP contribution in [0.15, 0.2) is 59.5 Å². The molecule has 0 spiro atoms. The van der Waals surface area contributed by atoms with Gasteiger partial charge >= 0.3 is 0 Å². The van der Waals surface area contributed by atoms with Gasteiger partial charge in [-0.15, -0.1) is 0 Å². The minimum absolute atomic E-state index is 0.0997. The molecule has 2 unspecified atom stereocenters. The van der Waals surface area contributed by atoms with Crippen LogP contribution in [-0.4, -0.2) is 20.7 Å². The van der Waals surface area contributed by atoms with E-state index in [-0.39, 0.29) is 11.8 Å². The third-order valence-corrected chi connectivity index (χ3v) is 5.87. The average molecular weight is 301 g/mol. The van der Waals surface area contributed by atoms with Gasteiger partial charge in [0.1, 0.15) is 0 Å². The molecule has 0 radical (unpaired) electrons. The van der Waals surface area contributed by atoms with Gasteiger partial charge in [0, 0.05) is 12.6 Å². The van der Waals surface area contributed by atoms with Crippen LogP contribution in [0.2, 0.25) is 0 Å². The highest BCUT2D eigenvalue weighted by Gasteiger charge is 2.34. The Hall–Kier alpha value is -1.65. The maximum Gasteiger partial charge on any atom is 0.180 e. The van der Waals surface area contributed by atoms with Crippen molar-refractivity contribution in [1.82, 2.24) is 5.32 Å². The van der Waals surface area contributed by atoms with E-state index in [0.29, 0.717) is 10.8 Å². The number of hydrogen-bond acceptors (Lipinski definition) is 3. The van der Waals surface area contributed by atoms with E-state index in [1.165, 1.54) is 5.56 Å². The quantitative estimate of drug-likeness (QED) is 0.944. The summed E-state index contributed by atoms with van der Waals surface area (Å²) in [5.74, 6) is 0.509. The van der Waals surface area contributed by atoms with Gasteiger partial charge in [0.05, 0.1) is 10.6 Å². The summed E-state index contributed by atoms with van der Waals surface area (Å²) in [4.78, 5) is 0.481. The smallest absolute Gasteiger partial charge is 0.180 e. The van der Waals surface area contributed by atoms with Crippen LogP contribution in [0.3, 0.4) is 0 Å². The number of sulfone groups is 1. The molecule has 0 fully saturated rings. The fourth-order valence-corrected chi connectivity index (χ4v) is 4.61. The van der Waals surface area contributed by atoms with Crippen LogP contribution in [0.1, 0.15) is 30.0 Å². The Kier molecular flexibility index (Phi) is 3.83. The molecule has 21 heavy (non-hydrogen) atoms. The van der Waals surface area contributed by atoms with Crippen LogP contribution in [0.25, 0.3) is 0 Å². The van der Waals surface area contributed by atoms with E-state index >= 15 is 0 Å². The van der Waals surface area contributed by atoms with Gasteiger partial charge in [0.15, 0.2) is 9.84 Å². The Morgan fingerprint density at radius 3 is 2.52 bits per heavy atom. The lowest BCUT2D eigenvalue weighted by atomic mass is 10.0. The zero-order chi connectivity index (χ0) is 14.9. The molecule has 3 rings (SSSR count). The molecule has 1 aliphatic heterocycles. The molecule has 1 aliphatic rings. The topological polar surface area (TPSA) is 46.2 Å². The van der Waals surface area contributed by atoms with Crippen LogP contribution in [-0.2, 0) is 9.84 Å². The first kappa shape index (κ1) is 14.3. The monoisotopic (exact) mass is 301 g/mol. The van der Waals surface area contributed by atoms with Crippen molar-refractivity contribution in [3.05, 3.63) is 65.7 Å². The van der Waals surface area contributed by atoms with Crippen molar-refractivity contribution < 1.29 is 8.42 Å². The van der Waals surface area contributed by atoms with Crippen LogP contribution >= 0.6 is 0 Å². The maximum atomic E-state index is 12.1. The van der Waals surface area contributed by atoms with E-state index in [0.717, 1.165) is 12.1 Å². The molecule has 1 N–H and O–H groups in total. The number of fused-ring (bicyclic) bond motifs is 1. The maximum absolute atomic E-state index is 12.1. The van der Waals surface area contributed by atoms with Crippen molar-refractivity contribution in [3.63, 3.8) is 0 Å². The molecule has 0 saturated heterocycles. The third-order valence-electron chi connectivity index (χ3n) is 4.05. The van der Waals surface area contributed by atoms with Crippen LogP contribution in [0.5, 0.6) is 0 Å². The number of rotatable bonds is 4. The molecule has 4 heteroatoms. The Bertz CT molecular complexity index is 725. The van der Waals surface area contributed by atoms with E-state index in [9.17, 15) is 8.42 Å². The zero-order valence-electron chi connectivity index (χ0n) is 12.0. The average Bonchev–Trinajstić information content (AvgIpc) is 2.77. The molecular formula is C17H19NO2S. The summed E-state index contributed by atoms with van der Waals surface area (Å²) < 4.78 is 24.3. The first-order valence-electron chi connectivity index (χ1n) is 7.18. The molecule has 2 atom stereocenters. The Labute approximate surface area is 125 Å². The van der Waals surface area contributed by atoms with Crippen LogP contribution in [0, 0.1) is 0 Å². The number of nitrogens with one attached hydrogen (secondary N) is 1. The van der Waals surface area contributed by atoms with Gasteiger partial charge in [-0.05, 0) is 23.1 Å². The lowest BCUT2D eigenvalue weighted by Crippen LogP contribution is -2.26. The highest BCUT2D eigenvalue weighted by atomic mass is 32.2. The van der Waals surface area contributed by atoms with E-state index in [1.54, 1.807) is 12.1 Å². The van der Waals surface area contributed by atoms with E-state index in [1.807, 2.05) is 30.3 Å².